The summed E-state index contributed by atoms with van der Waals surface area (Å²) in [7, 11) is 3.74. The van der Waals surface area contributed by atoms with E-state index in [9.17, 15) is 14.4 Å². The maximum Gasteiger partial charge on any atom is 0.262 e. The Balaban J connectivity index is 1.71. The van der Waals surface area contributed by atoms with Crippen molar-refractivity contribution in [1.82, 2.24) is 20.2 Å². The topological polar surface area (TPSA) is 95.5 Å². The summed E-state index contributed by atoms with van der Waals surface area (Å²) in [6.07, 6.45) is 0. The van der Waals surface area contributed by atoms with Gasteiger partial charge in [-0.1, -0.05) is 12.1 Å². The number of hydrogen-bond acceptors (Lipinski definition) is 6. The summed E-state index contributed by atoms with van der Waals surface area (Å²) in [5.74, 6) is -0.164. The molecule has 140 valence electrons. The fourth-order valence-corrected chi connectivity index (χ4v) is 2.91. The molecule has 1 aliphatic rings. The highest BCUT2D eigenvalue weighted by Crippen LogP contribution is 2.24. The lowest BCUT2D eigenvalue weighted by Gasteiger charge is -2.21. The van der Waals surface area contributed by atoms with Gasteiger partial charge in [-0.3, -0.25) is 19.3 Å². The van der Waals surface area contributed by atoms with Gasteiger partial charge >= 0.3 is 0 Å². The number of nitrogens with one attached hydrogen (secondary N) is 1. The zero-order valence-corrected chi connectivity index (χ0v) is 15.7. The lowest BCUT2D eigenvalue weighted by atomic mass is 10.1. The van der Waals surface area contributed by atoms with Crippen LogP contribution in [0.5, 0.6) is 0 Å². The van der Waals surface area contributed by atoms with Crippen molar-refractivity contribution in [2.75, 3.05) is 19.0 Å². The molecule has 3 amide bonds. The van der Waals surface area contributed by atoms with Gasteiger partial charge in [-0.25, -0.2) is 9.97 Å². The molecule has 1 atom stereocenters. The van der Waals surface area contributed by atoms with Crippen LogP contribution in [0.1, 0.15) is 39.2 Å². The second-order valence-electron chi connectivity index (χ2n) is 6.60. The lowest BCUT2D eigenvalue weighted by Crippen LogP contribution is -2.47. The Hall–Kier alpha value is -3.29. The van der Waals surface area contributed by atoms with E-state index in [0.29, 0.717) is 17.0 Å². The van der Waals surface area contributed by atoms with Crippen LogP contribution in [-0.2, 0) is 11.3 Å². The molecule has 0 bridgehead atoms. The predicted molar refractivity (Wildman–Crippen MR) is 99.3 cm³/mol. The molecule has 0 saturated carbocycles. The van der Waals surface area contributed by atoms with Gasteiger partial charge in [-0.15, -0.1) is 0 Å². The number of anilines is 1. The number of aryl methyl sites for hydroxylation is 1. The average molecular weight is 367 g/mol. The molecular formula is C19H21N5O3. The third-order valence-corrected chi connectivity index (χ3v) is 4.36. The van der Waals surface area contributed by atoms with E-state index in [1.54, 1.807) is 24.3 Å². The Morgan fingerprint density at radius 1 is 1.15 bits per heavy atom. The van der Waals surface area contributed by atoms with Crippen LogP contribution in [0.4, 0.5) is 5.82 Å². The van der Waals surface area contributed by atoms with Crippen molar-refractivity contribution in [3.8, 4) is 0 Å². The van der Waals surface area contributed by atoms with E-state index >= 15 is 0 Å². The second kappa shape index (κ2) is 7.14. The van der Waals surface area contributed by atoms with E-state index < -0.39 is 23.8 Å². The maximum atomic E-state index is 12.5. The number of fused-ring (bicyclic) bond motifs is 1. The van der Waals surface area contributed by atoms with Crippen LogP contribution in [0.25, 0.3) is 0 Å². The lowest BCUT2D eigenvalue weighted by molar-refractivity contribution is -0.124. The minimum Gasteiger partial charge on any atom is -0.363 e. The van der Waals surface area contributed by atoms with Crippen molar-refractivity contribution >= 4 is 23.5 Å². The fourth-order valence-electron chi connectivity index (χ4n) is 2.91. The Labute approximate surface area is 157 Å². The number of nitrogens with zero attached hydrogens (tertiary/aromatic N) is 4. The Bertz CT molecular complexity index is 890. The Morgan fingerprint density at radius 2 is 1.74 bits per heavy atom. The summed E-state index contributed by atoms with van der Waals surface area (Å²) in [6, 6.07) is 7.46. The second-order valence-corrected chi connectivity index (χ2v) is 6.60. The molecule has 0 spiro atoms. The summed E-state index contributed by atoms with van der Waals surface area (Å²) in [4.78, 5) is 49.0. The van der Waals surface area contributed by atoms with Gasteiger partial charge in [0, 0.05) is 25.9 Å². The number of benzene rings is 1. The van der Waals surface area contributed by atoms with Gasteiger partial charge in [-0.05, 0) is 26.0 Å². The number of aromatic nitrogens is 2. The van der Waals surface area contributed by atoms with Gasteiger partial charge < -0.3 is 10.2 Å². The smallest absolute Gasteiger partial charge is 0.262 e. The molecule has 1 aromatic heterocycles. The van der Waals surface area contributed by atoms with Crippen LogP contribution in [0.15, 0.2) is 30.3 Å². The van der Waals surface area contributed by atoms with Crippen LogP contribution in [-0.4, -0.2) is 52.7 Å². The molecule has 27 heavy (non-hydrogen) atoms. The zero-order chi connectivity index (χ0) is 19.7. The fraction of sp³-hybridized carbons (Fsp3) is 0.316. The number of carbonyl (C=O) groups excluding carboxylic acids is 3. The highest BCUT2D eigenvalue weighted by atomic mass is 16.2. The minimum absolute atomic E-state index is 0.106. The molecule has 1 aliphatic heterocycles. The van der Waals surface area contributed by atoms with Gasteiger partial charge in [0.2, 0.25) is 5.91 Å². The van der Waals surface area contributed by atoms with Crippen molar-refractivity contribution in [2.45, 2.75) is 26.4 Å². The molecular weight excluding hydrogens is 346 g/mol. The monoisotopic (exact) mass is 367 g/mol. The van der Waals surface area contributed by atoms with Crippen molar-refractivity contribution in [3.05, 3.63) is 53.0 Å². The summed E-state index contributed by atoms with van der Waals surface area (Å²) in [6.45, 7) is 3.48. The molecule has 1 N–H and O–H groups in total. The van der Waals surface area contributed by atoms with Crippen LogP contribution in [0.3, 0.4) is 0 Å². The first-order valence-corrected chi connectivity index (χ1v) is 8.56. The predicted octanol–water partition coefficient (Wildman–Crippen LogP) is 1.15. The highest BCUT2D eigenvalue weighted by Gasteiger charge is 2.40. The molecule has 8 heteroatoms. The van der Waals surface area contributed by atoms with Crippen molar-refractivity contribution < 1.29 is 14.4 Å². The molecule has 0 aliphatic carbocycles. The highest BCUT2D eigenvalue weighted by molar-refractivity contribution is 6.22. The van der Waals surface area contributed by atoms with Crippen molar-refractivity contribution in [2.24, 2.45) is 0 Å². The van der Waals surface area contributed by atoms with E-state index in [1.165, 1.54) is 6.92 Å². The summed E-state index contributed by atoms with van der Waals surface area (Å²) in [5.41, 5.74) is 1.42. The largest absolute Gasteiger partial charge is 0.363 e. The maximum absolute atomic E-state index is 12.5. The summed E-state index contributed by atoms with van der Waals surface area (Å²) >= 11 is 0. The number of amides is 3. The van der Waals surface area contributed by atoms with Crippen LogP contribution >= 0.6 is 0 Å². The van der Waals surface area contributed by atoms with E-state index in [2.05, 4.69) is 15.3 Å². The molecule has 0 fully saturated rings. The van der Waals surface area contributed by atoms with E-state index in [4.69, 9.17) is 0 Å². The van der Waals surface area contributed by atoms with E-state index in [0.717, 1.165) is 16.4 Å². The molecule has 3 rings (SSSR count). The van der Waals surface area contributed by atoms with E-state index in [1.807, 2.05) is 32.0 Å². The van der Waals surface area contributed by atoms with Gasteiger partial charge in [0.1, 0.15) is 17.7 Å². The molecule has 2 heterocycles. The van der Waals surface area contributed by atoms with Crippen LogP contribution in [0, 0.1) is 6.92 Å². The molecule has 0 radical (unpaired) electrons. The SMILES string of the molecule is Cc1cc(N(C)C)nc(CNC(=O)C(C)N2C(=O)c3ccccc3C2=O)n1. The van der Waals surface area contributed by atoms with Gasteiger partial charge in [0.25, 0.3) is 11.8 Å². The molecule has 2 aromatic rings. The van der Waals surface area contributed by atoms with Crippen molar-refractivity contribution in [3.63, 3.8) is 0 Å². The zero-order valence-electron chi connectivity index (χ0n) is 15.7. The number of imide groups is 1. The molecule has 8 nitrogen and oxygen atoms in total. The van der Waals surface area contributed by atoms with Crippen molar-refractivity contribution in [1.29, 1.82) is 0 Å². The van der Waals surface area contributed by atoms with Crippen LogP contribution < -0.4 is 10.2 Å². The number of hydrogen-bond donors (Lipinski definition) is 1. The van der Waals surface area contributed by atoms with E-state index in [-0.39, 0.29) is 6.54 Å². The standard InChI is InChI=1S/C19H21N5O3/c1-11-9-16(23(3)4)22-15(21-11)10-20-17(25)12(2)24-18(26)13-7-5-6-8-14(13)19(24)27/h5-9,12H,10H2,1-4H3,(H,20,25). The third kappa shape index (κ3) is 3.51. The summed E-state index contributed by atoms with van der Waals surface area (Å²) in [5, 5.41) is 2.71. The molecule has 1 aromatic carbocycles. The first kappa shape index (κ1) is 18.5. The molecule has 1 unspecified atom stereocenters. The average Bonchev–Trinajstić information content (AvgIpc) is 2.89. The Kier molecular flexibility index (Phi) is 4.89. The summed E-state index contributed by atoms with van der Waals surface area (Å²) < 4.78 is 0. The van der Waals surface area contributed by atoms with Crippen LogP contribution in [0.2, 0.25) is 0 Å². The first-order chi connectivity index (χ1) is 12.8. The number of rotatable bonds is 5. The normalized spacial score (nSPS) is 14.1. The number of carbonyl (C=O) groups is 3. The Morgan fingerprint density at radius 3 is 2.30 bits per heavy atom. The van der Waals surface area contributed by atoms with Gasteiger partial charge in [0.05, 0.1) is 17.7 Å². The molecule has 0 saturated heterocycles. The van der Waals surface area contributed by atoms with Gasteiger partial charge in [0.15, 0.2) is 0 Å². The third-order valence-electron chi connectivity index (χ3n) is 4.36. The van der Waals surface area contributed by atoms with Gasteiger partial charge in [-0.2, -0.15) is 0 Å². The first-order valence-electron chi connectivity index (χ1n) is 8.56. The quantitative estimate of drug-likeness (QED) is 0.797. The minimum atomic E-state index is -0.935.